The van der Waals surface area contributed by atoms with Gasteiger partial charge in [-0.05, 0) is 26.7 Å². The first-order chi connectivity index (χ1) is 9.02. The van der Waals surface area contributed by atoms with Crippen molar-refractivity contribution in [2.45, 2.75) is 52.2 Å². The monoisotopic (exact) mass is 300 g/mol. The van der Waals surface area contributed by atoms with E-state index in [1.54, 1.807) is 0 Å². The van der Waals surface area contributed by atoms with E-state index in [4.69, 9.17) is 29.6 Å². The molecule has 19 heavy (non-hydrogen) atoms. The molecule has 0 radical (unpaired) electrons. The molecule has 1 saturated carbocycles. The van der Waals surface area contributed by atoms with Gasteiger partial charge < -0.3 is 5.73 Å². The van der Waals surface area contributed by atoms with Gasteiger partial charge in [0.25, 0.3) is 0 Å². The summed E-state index contributed by atoms with van der Waals surface area (Å²) in [6.45, 7) is 6.62. The van der Waals surface area contributed by atoms with Crippen molar-refractivity contribution in [3.63, 3.8) is 0 Å². The van der Waals surface area contributed by atoms with Crippen LogP contribution >= 0.6 is 23.8 Å². The minimum atomic E-state index is 0.580. The Kier molecular flexibility index (Phi) is 4.81. The Morgan fingerprint density at radius 3 is 2.79 bits per heavy atom. The molecule has 106 valence electrons. The molecule has 0 bridgehead atoms. The highest BCUT2D eigenvalue weighted by atomic mass is 35.5. The predicted octanol–water partition coefficient (Wildman–Crippen LogP) is 2.51. The molecule has 4 nitrogen and oxygen atoms in total. The number of aryl methyl sites for hydroxylation is 2. The fraction of sp³-hybridized carbons (Fsp3) is 0.692. The number of hydrogen-bond acceptors (Lipinski definition) is 3. The Labute approximate surface area is 124 Å². The zero-order chi connectivity index (χ0) is 14.0. The summed E-state index contributed by atoms with van der Waals surface area (Å²) in [5.74, 6) is 0. The molecule has 1 heterocycles. The maximum atomic E-state index is 6.36. The van der Waals surface area contributed by atoms with Crippen LogP contribution in [-0.4, -0.2) is 32.3 Å². The molecule has 1 aromatic heterocycles. The van der Waals surface area contributed by atoms with Crippen molar-refractivity contribution < 1.29 is 0 Å². The standard InChI is InChI=1S/C13H21ClN4S/c1-3-18-11(13(14)9(2)16-18)8-17(10-4-5-10)7-6-12(15)19/h10H,3-8H2,1-2H3,(H2,15,19). The number of aromatic nitrogens is 2. The second kappa shape index (κ2) is 6.20. The lowest BCUT2D eigenvalue weighted by Crippen LogP contribution is -2.30. The largest absolute Gasteiger partial charge is 0.393 e. The van der Waals surface area contributed by atoms with Crippen molar-refractivity contribution in [3.8, 4) is 0 Å². The number of thiocarbonyl (C=S) groups is 1. The van der Waals surface area contributed by atoms with Crippen molar-refractivity contribution >= 4 is 28.8 Å². The first-order valence-electron chi connectivity index (χ1n) is 6.77. The van der Waals surface area contributed by atoms with E-state index in [0.717, 1.165) is 42.5 Å². The van der Waals surface area contributed by atoms with Gasteiger partial charge in [0.15, 0.2) is 0 Å². The maximum absolute atomic E-state index is 6.36. The van der Waals surface area contributed by atoms with Crippen molar-refractivity contribution in [2.75, 3.05) is 6.54 Å². The van der Waals surface area contributed by atoms with Crippen molar-refractivity contribution in [3.05, 3.63) is 16.4 Å². The number of rotatable bonds is 7. The molecule has 1 aliphatic rings. The molecule has 0 aromatic carbocycles. The van der Waals surface area contributed by atoms with E-state index in [-0.39, 0.29) is 0 Å². The second-order valence-corrected chi connectivity index (χ2v) is 5.98. The van der Waals surface area contributed by atoms with E-state index in [9.17, 15) is 0 Å². The van der Waals surface area contributed by atoms with E-state index in [1.165, 1.54) is 12.8 Å². The van der Waals surface area contributed by atoms with Crippen LogP contribution in [0.2, 0.25) is 5.02 Å². The van der Waals surface area contributed by atoms with Crippen LogP contribution in [0.25, 0.3) is 0 Å². The first-order valence-corrected chi connectivity index (χ1v) is 7.55. The van der Waals surface area contributed by atoms with E-state index in [2.05, 4.69) is 16.9 Å². The average Bonchev–Trinajstić information content (AvgIpc) is 3.16. The lowest BCUT2D eigenvalue weighted by Gasteiger charge is -2.22. The molecular formula is C13H21ClN4S. The van der Waals surface area contributed by atoms with Gasteiger partial charge in [-0.2, -0.15) is 5.10 Å². The molecule has 0 unspecified atom stereocenters. The summed E-state index contributed by atoms with van der Waals surface area (Å²) >= 11 is 11.3. The minimum Gasteiger partial charge on any atom is -0.393 e. The Balaban J connectivity index is 2.10. The number of nitrogens with two attached hydrogens (primary N) is 1. The third-order valence-corrected chi connectivity index (χ3v) is 4.21. The minimum absolute atomic E-state index is 0.580. The maximum Gasteiger partial charge on any atom is 0.0860 e. The predicted molar refractivity (Wildman–Crippen MR) is 82.5 cm³/mol. The smallest absolute Gasteiger partial charge is 0.0860 e. The molecule has 2 N–H and O–H groups in total. The molecule has 0 amide bonds. The van der Waals surface area contributed by atoms with Crippen LogP contribution in [0.3, 0.4) is 0 Å². The Morgan fingerprint density at radius 1 is 1.58 bits per heavy atom. The highest BCUT2D eigenvalue weighted by molar-refractivity contribution is 7.80. The van der Waals surface area contributed by atoms with Gasteiger partial charge in [-0.1, -0.05) is 23.8 Å². The Hall–Kier alpha value is -0.650. The topological polar surface area (TPSA) is 47.1 Å². The summed E-state index contributed by atoms with van der Waals surface area (Å²) in [5.41, 5.74) is 7.62. The van der Waals surface area contributed by atoms with Gasteiger partial charge in [0.2, 0.25) is 0 Å². The summed E-state index contributed by atoms with van der Waals surface area (Å²) in [6, 6.07) is 0.658. The Morgan fingerprint density at radius 2 is 2.26 bits per heavy atom. The number of hydrogen-bond donors (Lipinski definition) is 1. The van der Waals surface area contributed by atoms with Gasteiger partial charge in [-0.15, -0.1) is 0 Å². The van der Waals surface area contributed by atoms with E-state index < -0.39 is 0 Å². The first kappa shape index (κ1) is 14.8. The van der Waals surface area contributed by atoms with Crippen molar-refractivity contribution in [1.29, 1.82) is 0 Å². The SMILES string of the molecule is CCn1nc(C)c(Cl)c1CN(CCC(N)=S)C1CC1. The van der Waals surface area contributed by atoms with Gasteiger partial charge in [-0.25, -0.2) is 0 Å². The second-order valence-electron chi connectivity index (χ2n) is 5.08. The highest BCUT2D eigenvalue weighted by Gasteiger charge is 2.30. The van der Waals surface area contributed by atoms with Crippen LogP contribution in [-0.2, 0) is 13.1 Å². The zero-order valence-corrected chi connectivity index (χ0v) is 13.1. The van der Waals surface area contributed by atoms with Crippen LogP contribution in [0.15, 0.2) is 0 Å². The van der Waals surface area contributed by atoms with Crippen LogP contribution in [0, 0.1) is 6.92 Å². The lowest BCUT2D eigenvalue weighted by atomic mass is 10.3. The number of halogens is 1. The molecule has 1 aliphatic carbocycles. The molecule has 2 rings (SSSR count). The highest BCUT2D eigenvalue weighted by Crippen LogP contribution is 2.30. The summed E-state index contributed by atoms with van der Waals surface area (Å²) in [7, 11) is 0. The Bertz CT molecular complexity index is 467. The van der Waals surface area contributed by atoms with Crippen molar-refractivity contribution in [2.24, 2.45) is 5.73 Å². The molecule has 0 saturated heterocycles. The quantitative estimate of drug-likeness (QED) is 0.786. The lowest BCUT2D eigenvalue weighted by molar-refractivity contribution is 0.254. The summed E-state index contributed by atoms with van der Waals surface area (Å²) < 4.78 is 1.99. The number of nitrogens with zero attached hydrogens (tertiary/aromatic N) is 3. The van der Waals surface area contributed by atoms with Gasteiger partial charge in [0, 0.05) is 32.1 Å². The third-order valence-electron chi connectivity index (χ3n) is 3.51. The van der Waals surface area contributed by atoms with Crippen LogP contribution < -0.4 is 5.73 Å². The zero-order valence-electron chi connectivity index (χ0n) is 11.5. The average molecular weight is 301 g/mol. The molecule has 0 atom stereocenters. The van der Waals surface area contributed by atoms with Crippen LogP contribution in [0.5, 0.6) is 0 Å². The third kappa shape index (κ3) is 3.68. The summed E-state index contributed by atoms with van der Waals surface area (Å²) in [4.78, 5) is 3.00. The van der Waals surface area contributed by atoms with E-state index in [1.807, 2.05) is 11.6 Å². The molecule has 1 aromatic rings. The van der Waals surface area contributed by atoms with Gasteiger partial charge >= 0.3 is 0 Å². The molecule has 0 aliphatic heterocycles. The summed E-state index contributed by atoms with van der Waals surface area (Å²) in [6.07, 6.45) is 3.28. The van der Waals surface area contributed by atoms with Crippen molar-refractivity contribution in [1.82, 2.24) is 14.7 Å². The normalized spacial score (nSPS) is 15.2. The van der Waals surface area contributed by atoms with Crippen LogP contribution in [0.1, 0.15) is 37.6 Å². The molecular weight excluding hydrogens is 280 g/mol. The van der Waals surface area contributed by atoms with Gasteiger partial charge in [0.05, 0.1) is 21.4 Å². The molecule has 6 heteroatoms. The van der Waals surface area contributed by atoms with Crippen LogP contribution in [0.4, 0.5) is 0 Å². The fourth-order valence-electron chi connectivity index (χ4n) is 2.30. The fourth-order valence-corrected chi connectivity index (χ4v) is 2.58. The molecule has 1 fully saturated rings. The van der Waals surface area contributed by atoms with E-state index in [0.29, 0.717) is 11.0 Å². The summed E-state index contributed by atoms with van der Waals surface area (Å²) in [5, 5.41) is 5.26. The van der Waals surface area contributed by atoms with Gasteiger partial charge in [-0.3, -0.25) is 9.58 Å². The van der Waals surface area contributed by atoms with E-state index >= 15 is 0 Å². The molecule has 0 spiro atoms. The van der Waals surface area contributed by atoms with Gasteiger partial charge in [0.1, 0.15) is 0 Å².